The molecular formula is C25H17F4N5O4. The van der Waals surface area contributed by atoms with Gasteiger partial charge in [0.15, 0.2) is 5.82 Å². The van der Waals surface area contributed by atoms with Crippen molar-refractivity contribution < 1.29 is 31.8 Å². The second-order valence-corrected chi connectivity index (χ2v) is 7.70. The number of nitrogens with one attached hydrogen (secondary N) is 1. The van der Waals surface area contributed by atoms with Crippen LogP contribution in [-0.2, 0) is 7.05 Å². The Morgan fingerprint density at radius 2 is 1.74 bits per heavy atom. The molecule has 38 heavy (non-hydrogen) atoms. The number of alkyl halides is 2. The van der Waals surface area contributed by atoms with Gasteiger partial charge in [-0.05, 0) is 36.4 Å². The number of carbonyl (C=O) groups is 1. The van der Waals surface area contributed by atoms with Gasteiger partial charge in [-0.2, -0.15) is 18.7 Å². The molecule has 4 aromatic rings. The maximum absolute atomic E-state index is 15.1. The van der Waals surface area contributed by atoms with Crippen LogP contribution < -0.4 is 20.3 Å². The zero-order chi connectivity index (χ0) is 27.6. The molecule has 1 amide bonds. The number of aromatic nitrogens is 3. The van der Waals surface area contributed by atoms with E-state index in [1.54, 1.807) is 0 Å². The van der Waals surface area contributed by atoms with E-state index in [-0.39, 0.29) is 34.1 Å². The Balaban J connectivity index is 1.87. The summed E-state index contributed by atoms with van der Waals surface area (Å²) < 4.78 is 66.3. The average molecular weight is 527 g/mol. The number of ether oxygens (including phenoxy) is 2. The van der Waals surface area contributed by atoms with Crippen molar-refractivity contribution in [2.45, 2.75) is 6.61 Å². The van der Waals surface area contributed by atoms with Crippen LogP contribution in [0, 0.1) is 23.0 Å². The summed E-state index contributed by atoms with van der Waals surface area (Å²) in [7, 11) is 2.55. The number of methoxy groups -OCH3 is 1. The van der Waals surface area contributed by atoms with Gasteiger partial charge in [-0.3, -0.25) is 14.3 Å². The predicted octanol–water partition coefficient (Wildman–Crippen LogP) is 4.25. The second-order valence-electron chi connectivity index (χ2n) is 7.70. The van der Waals surface area contributed by atoms with Crippen molar-refractivity contribution in [3.63, 3.8) is 0 Å². The Labute approximate surface area is 212 Å². The minimum atomic E-state index is -3.06. The zero-order valence-electron chi connectivity index (χ0n) is 19.7. The van der Waals surface area contributed by atoms with Crippen molar-refractivity contribution in [2.75, 3.05) is 12.4 Å². The van der Waals surface area contributed by atoms with Gasteiger partial charge in [0, 0.05) is 30.9 Å². The van der Waals surface area contributed by atoms with Gasteiger partial charge in [0.2, 0.25) is 0 Å². The van der Waals surface area contributed by atoms with Gasteiger partial charge >= 0.3 is 6.61 Å². The molecule has 9 nitrogen and oxygen atoms in total. The summed E-state index contributed by atoms with van der Waals surface area (Å²) in [6.07, 6.45) is 1.20. The fourth-order valence-corrected chi connectivity index (χ4v) is 3.71. The number of hydrogen-bond donors (Lipinski definition) is 1. The van der Waals surface area contributed by atoms with E-state index in [4.69, 9.17) is 10.00 Å². The lowest BCUT2D eigenvalue weighted by atomic mass is 10.1. The minimum absolute atomic E-state index is 0.000998. The SMILES string of the molecule is COc1cc(F)c(-c2c(NC(=O)c3ccc(OC(F)F)cc3)c(=O)n(-c3ccc(C#N)cn3)n2C)c(F)c1. The first-order valence-electron chi connectivity index (χ1n) is 10.7. The lowest BCUT2D eigenvalue weighted by molar-refractivity contribution is -0.0498. The smallest absolute Gasteiger partial charge is 0.387 e. The molecule has 0 unspecified atom stereocenters. The first-order chi connectivity index (χ1) is 18.1. The molecule has 0 aliphatic heterocycles. The van der Waals surface area contributed by atoms with Crippen LogP contribution in [0.15, 0.2) is 59.5 Å². The highest BCUT2D eigenvalue weighted by Crippen LogP contribution is 2.34. The third-order valence-electron chi connectivity index (χ3n) is 5.43. The Morgan fingerprint density at radius 3 is 2.26 bits per heavy atom. The quantitative estimate of drug-likeness (QED) is 0.360. The number of halogens is 4. The average Bonchev–Trinajstić information content (AvgIpc) is 3.12. The summed E-state index contributed by atoms with van der Waals surface area (Å²) in [6.45, 7) is -3.06. The Morgan fingerprint density at radius 1 is 1.08 bits per heavy atom. The Hall–Kier alpha value is -5.12. The summed E-state index contributed by atoms with van der Waals surface area (Å²) in [5, 5.41) is 11.4. The molecular weight excluding hydrogens is 510 g/mol. The van der Waals surface area contributed by atoms with Crippen LogP contribution >= 0.6 is 0 Å². The zero-order valence-corrected chi connectivity index (χ0v) is 19.7. The van der Waals surface area contributed by atoms with E-state index in [0.29, 0.717) is 0 Å². The summed E-state index contributed by atoms with van der Waals surface area (Å²) >= 11 is 0. The molecule has 2 heterocycles. The fraction of sp³-hybridized carbons (Fsp3) is 0.120. The van der Waals surface area contributed by atoms with Crippen LogP contribution in [0.3, 0.4) is 0 Å². The van der Waals surface area contributed by atoms with Crippen molar-refractivity contribution in [3.05, 3.63) is 87.8 Å². The van der Waals surface area contributed by atoms with E-state index < -0.39 is 41.0 Å². The molecule has 0 fully saturated rings. The first kappa shape index (κ1) is 26.0. The Kier molecular flexibility index (Phi) is 7.15. The predicted molar refractivity (Wildman–Crippen MR) is 126 cm³/mol. The van der Waals surface area contributed by atoms with Crippen molar-refractivity contribution in [1.29, 1.82) is 5.26 Å². The highest BCUT2D eigenvalue weighted by Gasteiger charge is 2.28. The van der Waals surface area contributed by atoms with Crippen LogP contribution in [0.2, 0.25) is 0 Å². The topological polar surface area (TPSA) is 111 Å². The lowest BCUT2D eigenvalue weighted by Crippen LogP contribution is -2.23. The molecule has 0 aliphatic carbocycles. The molecule has 194 valence electrons. The highest BCUT2D eigenvalue weighted by molar-refractivity contribution is 6.06. The fourth-order valence-electron chi connectivity index (χ4n) is 3.71. The molecule has 0 aliphatic rings. The maximum Gasteiger partial charge on any atom is 0.387 e. The number of hydrogen-bond acceptors (Lipinski definition) is 6. The number of nitriles is 1. The summed E-state index contributed by atoms with van der Waals surface area (Å²) in [5.41, 5.74) is -2.19. The van der Waals surface area contributed by atoms with Crippen LogP contribution in [0.25, 0.3) is 17.1 Å². The number of pyridine rings is 1. The van der Waals surface area contributed by atoms with Crippen LogP contribution in [-0.4, -0.2) is 34.0 Å². The van der Waals surface area contributed by atoms with E-state index >= 15 is 8.78 Å². The maximum atomic E-state index is 15.1. The minimum Gasteiger partial charge on any atom is -0.497 e. The van der Waals surface area contributed by atoms with E-state index in [2.05, 4.69) is 15.0 Å². The summed E-state index contributed by atoms with van der Waals surface area (Å²) in [6, 6.07) is 11.0. The van der Waals surface area contributed by atoms with Crippen LogP contribution in [0.1, 0.15) is 15.9 Å². The van der Waals surface area contributed by atoms with E-state index in [0.717, 1.165) is 33.6 Å². The van der Waals surface area contributed by atoms with Gasteiger partial charge in [0.1, 0.15) is 40.6 Å². The molecule has 4 rings (SSSR count). The molecule has 0 saturated heterocycles. The number of amides is 1. The van der Waals surface area contributed by atoms with Gasteiger partial charge in [0.25, 0.3) is 11.5 Å². The summed E-state index contributed by atoms with van der Waals surface area (Å²) in [4.78, 5) is 30.5. The molecule has 0 spiro atoms. The highest BCUT2D eigenvalue weighted by atomic mass is 19.3. The van der Waals surface area contributed by atoms with E-state index in [1.807, 2.05) is 6.07 Å². The van der Waals surface area contributed by atoms with Crippen LogP contribution in [0.5, 0.6) is 11.5 Å². The van der Waals surface area contributed by atoms with Crippen molar-refractivity contribution in [2.24, 2.45) is 7.05 Å². The largest absolute Gasteiger partial charge is 0.497 e. The van der Waals surface area contributed by atoms with E-state index in [9.17, 15) is 18.4 Å². The molecule has 0 atom stereocenters. The van der Waals surface area contributed by atoms with Gasteiger partial charge in [0.05, 0.1) is 18.2 Å². The molecule has 1 N–H and O–H groups in total. The number of nitrogens with zero attached hydrogens (tertiary/aromatic N) is 4. The number of anilines is 1. The molecule has 2 aromatic heterocycles. The third kappa shape index (κ3) is 4.92. The van der Waals surface area contributed by atoms with Crippen molar-refractivity contribution in [1.82, 2.24) is 14.3 Å². The number of rotatable bonds is 7. The molecule has 0 radical (unpaired) electrons. The second kappa shape index (κ2) is 10.5. The van der Waals surface area contributed by atoms with Crippen LogP contribution in [0.4, 0.5) is 23.2 Å². The molecule has 13 heteroatoms. The van der Waals surface area contributed by atoms with Gasteiger partial charge < -0.3 is 14.8 Å². The standard InChI is InChI=1S/C25H17F4N5O4/c1-33-22(20-17(26)9-16(37-2)10-18(20)27)21(24(36)34(33)19-8-3-13(11-30)12-31-19)32-23(35)14-4-6-15(7-5-14)38-25(28)29/h3-10,12,25H,1-2H3,(H,32,35). The Bertz CT molecular complexity index is 1580. The van der Waals surface area contributed by atoms with E-state index in [1.165, 1.54) is 44.6 Å². The normalized spacial score (nSPS) is 10.8. The lowest BCUT2D eigenvalue weighted by Gasteiger charge is -2.13. The number of benzene rings is 2. The van der Waals surface area contributed by atoms with Gasteiger partial charge in [-0.1, -0.05) is 0 Å². The third-order valence-corrected chi connectivity index (χ3v) is 5.43. The first-order valence-corrected chi connectivity index (χ1v) is 10.7. The van der Waals surface area contributed by atoms with Crippen molar-refractivity contribution in [3.8, 4) is 34.6 Å². The molecule has 0 saturated carbocycles. The van der Waals surface area contributed by atoms with Crippen molar-refractivity contribution >= 4 is 11.6 Å². The molecule has 0 bridgehead atoms. The van der Waals surface area contributed by atoms with Gasteiger partial charge in [-0.15, -0.1) is 0 Å². The van der Waals surface area contributed by atoms with Gasteiger partial charge in [-0.25, -0.2) is 13.8 Å². The molecule has 2 aromatic carbocycles. The monoisotopic (exact) mass is 527 g/mol. The summed E-state index contributed by atoms with van der Waals surface area (Å²) in [5.74, 6) is -3.34. The number of carbonyl (C=O) groups excluding carboxylic acids is 1.